The van der Waals surface area contributed by atoms with Crippen molar-refractivity contribution in [1.29, 1.82) is 0 Å². The van der Waals surface area contributed by atoms with Gasteiger partial charge >= 0.3 is 0 Å². The lowest BCUT2D eigenvalue weighted by atomic mass is 10.1. The maximum absolute atomic E-state index is 9.29. The minimum atomic E-state index is -0.111. The van der Waals surface area contributed by atoms with Crippen molar-refractivity contribution in [2.45, 2.75) is 45.6 Å². The second-order valence-corrected chi connectivity index (χ2v) is 2.78. The van der Waals surface area contributed by atoms with E-state index in [0.29, 0.717) is 0 Å². The van der Waals surface area contributed by atoms with E-state index in [-0.39, 0.29) is 6.10 Å². The topological polar surface area (TPSA) is 29.5 Å². The molecule has 0 saturated heterocycles. The third-order valence-electron chi connectivity index (χ3n) is 1.65. The van der Waals surface area contributed by atoms with Gasteiger partial charge in [0.15, 0.2) is 0 Å². The van der Waals surface area contributed by atoms with Crippen LogP contribution in [0.25, 0.3) is 0 Å². The predicted molar refractivity (Wildman–Crippen MR) is 46.6 cm³/mol. The molecule has 0 aliphatic heterocycles. The van der Waals surface area contributed by atoms with Crippen LogP contribution >= 0.6 is 0 Å². The van der Waals surface area contributed by atoms with E-state index in [4.69, 9.17) is 4.74 Å². The van der Waals surface area contributed by atoms with Gasteiger partial charge in [-0.15, -0.1) is 0 Å². The zero-order valence-electron chi connectivity index (χ0n) is 7.68. The first-order valence-electron chi connectivity index (χ1n) is 4.57. The van der Waals surface area contributed by atoms with Gasteiger partial charge in [0.05, 0.1) is 6.10 Å². The number of aliphatic hydroxyl groups excluding tert-OH is 1. The molecule has 0 aromatic heterocycles. The van der Waals surface area contributed by atoms with Gasteiger partial charge in [0, 0.05) is 13.2 Å². The standard InChI is InChI=1S/C9H20O2/c1-3-6-9(10)7-5-8-11-4-2/h9-10H,3-8H2,1-2H3. The van der Waals surface area contributed by atoms with Gasteiger partial charge in [0.1, 0.15) is 0 Å². The molecule has 0 aromatic rings. The smallest absolute Gasteiger partial charge is 0.0541 e. The van der Waals surface area contributed by atoms with Gasteiger partial charge in [0.2, 0.25) is 0 Å². The van der Waals surface area contributed by atoms with Gasteiger partial charge in [-0.05, 0) is 26.2 Å². The average Bonchev–Trinajstić information content (AvgIpc) is 1.99. The van der Waals surface area contributed by atoms with Crippen LogP contribution in [-0.4, -0.2) is 24.4 Å². The van der Waals surface area contributed by atoms with Crippen LogP contribution in [0.1, 0.15) is 39.5 Å². The highest BCUT2D eigenvalue weighted by Crippen LogP contribution is 2.03. The number of ether oxygens (including phenoxy) is 1. The molecule has 68 valence electrons. The molecular weight excluding hydrogens is 140 g/mol. The van der Waals surface area contributed by atoms with Crippen molar-refractivity contribution in [3.05, 3.63) is 0 Å². The summed E-state index contributed by atoms with van der Waals surface area (Å²) in [6.07, 6.45) is 3.74. The summed E-state index contributed by atoms with van der Waals surface area (Å²) in [7, 11) is 0. The molecule has 0 aliphatic rings. The van der Waals surface area contributed by atoms with Crippen LogP contribution in [0, 0.1) is 0 Å². The van der Waals surface area contributed by atoms with Gasteiger partial charge in [-0.2, -0.15) is 0 Å². The lowest BCUT2D eigenvalue weighted by Crippen LogP contribution is -2.07. The Bertz CT molecular complexity index is 74.0. The largest absolute Gasteiger partial charge is 0.393 e. The summed E-state index contributed by atoms with van der Waals surface area (Å²) in [5.41, 5.74) is 0. The molecule has 0 bridgehead atoms. The quantitative estimate of drug-likeness (QED) is 0.577. The number of aliphatic hydroxyl groups is 1. The van der Waals surface area contributed by atoms with Crippen molar-refractivity contribution < 1.29 is 9.84 Å². The molecule has 0 rings (SSSR count). The molecule has 0 spiro atoms. The van der Waals surface area contributed by atoms with Crippen molar-refractivity contribution >= 4 is 0 Å². The van der Waals surface area contributed by atoms with Crippen LogP contribution in [0.15, 0.2) is 0 Å². The molecule has 0 aromatic carbocycles. The highest BCUT2D eigenvalue weighted by atomic mass is 16.5. The monoisotopic (exact) mass is 160 g/mol. The Hall–Kier alpha value is -0.0800. The molecule has 1 unspecified atom stereocenters. The SMILES string of the molecule is CCCC(O)CCCOCC. The Balaban J connectivity index is 2.97. The predicted octanol–water partition coefficient (Wildman–Crippen LogP) is 1.96. The van der Waals surface area contributed by atoms with Crippen molar-refractivity contribution in [2.24, 2.45) is 0 Å². The maximum Gasteiger partial charge on any atom is 0.0541 e. The molecule has 0 radical (unpaired) electrons. The van der Waals surface area contributed by atoms with Crippen molar-refractivity contribution in [2.75, 3.05) is 13.2 Å². The average molecular weight is 160 g/mol. The van der Waals surface area contributed by atoms with E-state index in [9.17, 15) is 5.11 Å². The second-order valence-electron chi connectivity index (χ2n) is 2.78. The Labute approximate surface area is 69.6 Å². The van der Waals surface area contributed by atoms with E-state index in [1.165, 1.54) is 0 Å². The summed E-state index contributed by atoms with van der Waals surface area (Å²) in [5.74, 6) is 0. The molecule has 11 heavy (non-hydrogen) atoms. The number of hydrogen-bond acceptors (Lipinski definition) is 2. The third-order valence-corrected chi connectivity index (χ3v) is 1.65. The minimum absolute atomic E-state index is 0.111. The summed E-state index contributed by atoms with van der Waals surface area (Å²) in [4.78, 5) is 0. The Kier molecular flexibility index (Phi) is 7.96. The fourth-order valence-electron chi connectivity index (χ4n) is 1.04. The Morgan fingerprint density at radius 2 is 2.00 bits per heavy atom. The molecule has 0 saturated carbocycles. The fourth-order valence-corrected chi connectivity index (χ4v) is 1.04. The van der Waals surface area contributed by atoms with Crippen molar-refractivity contribution in [3.63, 3.8) is 0 Å². The fraction of sp³-hybridized carbons (Fsp3) is 1.00. The van der Waals surface area contributed by atoms with Crippen molar-refractivity contribution in [3.8, 4) is 0 Å². The third kappa shape index (κ3) is 7.82. The number of hydrogen-bond donors (Lipinski definition) is 1. The Morgan fingerprint density at radius 3 is 2.55 bits per heavy atom. The molecule has 2 nitrogen and oxygen atoms in total. The van der Waals surface area contributed by atoms with Crippen LogP contribution in [0.2, 0.25) is 0 Å². The summed E-state index contributed by atoms with van der Waals surface area (Å²) < 4.78 is 5.15. The molecule has 0 aliphatic carbocycles. The van der Waals surface area contributed by atoms with Crippen LogP contribution in [0.4, 0.5) is 0 Å². The maximum atomic E-state index is 9.29. The molecule has 1 atom stereocenters. The van der Waals surface area contributed by atoms with Crippen LogP contribution in [0.3, 0.4) is 0 Å². The van der Waals surface area contributed by atoms with E-state index >= 15 is 0 Å². The van der Waals surface area contributed by atoms with E-state index in [1.807, 2.05) is 6.92 Å². The molecule has 2 heteroatoms. The normalized spacial score (nSPS) is 13.4. The molecule has 1 N–H and O–H groups in total. The first-order chi connectivity index (χ1) is 5.31. The Morgan fingerprint density at radius 1 is 1.27 bits per heavy atom. The van der Waals surface area contributed by atoms with E-state index in [1.54, 1.807) is 0 Å². The second kappa shape index (κ2) is 8.02. The minimum Gasteiger partial charge on any atom is -0.393 e. The molecule has 0 fully saturated rings. The summed E-state index contributed by atoms with van der Waals surface area (Å²) in [6.45, 7) is 5.65. The van der Waals surface area contributed by atoms with E-state index in [2.05, 4.69) is 6.92 Å². The van der Waals surface area contributed by atoms with E-state index < -0.39 is 0 Å². The zero-order valence-corrected chi connectivity index (χ0v) is 7.68. The molecule has 0 heterocycles. The first-order valence-corrected chi connectivity index (χ1v) is 4.57. The van der Waals surface area contributed by atoms with Crippen molar-refractivity contribution in [1.82, 2.24) is 0 Å². The van der Waals surface area contributed by atoms with Crippen LogP contribution < -0.4 is 0 Å². The highest BCUT2D eigenvalue weighted by Gasteiger charge is 2.00. The van der Waals surface area contributed by atoms with Gasteiger partial charge in [-0.3, -0.25) is 0 Å². The van der Waals surface area contributed by atoms with E-state index in [0.717, 1.165) is 38.9 Å². The van der Waals surface area contributed by atoms with Gasteiger partial charge < -0.3 is 9.84 Å². The summed E-state index contributed by atoms with van der Waals surface area (Å²) in [6, 6.07) is 0. The van der Waals surface area contributed by atoms with Gasteiger partial charge in [0.25, 0.3) is 0 Å². The molecule has 0 amide bonds. The first kappa shape index (κ1) is 10.9. The highest BCUT2D eigenvalue weighted by molar-refractivity contribution is 4.53. The van der Waals surface area contributed by atoms with Crippen LogP contribution in [0.5, 0.6) is 0 Å². The molecular formula is C9H20O2. The van der Waals surface area contributed by atoms with Gasteiger partial charge in [-0.1, -0.05) is 13.3 Å². The summed E-state index contributed by atoms with van der Waals surface area (Å²) in [5, 5.41) is 9.29. The summed E-state index contributed by atoms with van der Waals surface area (Å²) >= 11 is 0. The lowest BCUT2D eigenvalue weighted by Gasteiger charge is -2.07. The lowest BCUT2D eigenvalue weighted by molar-refractivity contribution is 0.110. The van der Waals surface area contributed by atoms with Gasteiger partial charge in [-0.25, -0.2) is 0 Å². The van der Waals surface area contributed by atoms with Crippen LogP contribution in [-0.2, 0) is 4.74 Å². The zero-order chi connectivity index (χ0) is 8.53. The number of rotatable bonds is 7.